The molecule has 1 aliphatic rings. The van der Waals surface area contributed by atoms with Crippen molar-refractivity contribution in [1.29, 1.82) is 0 Å². The molecule has 0 heterocycles. The fraction of sp³-hybridized carbons (Fsp3) is 0.923. The molecule has 1 atom stereocenters. The smallest absolute Gasteiger partial charge is 0.223 e. The lowest BCUT2D eigenvalue weighted by Crippen LogP contribution is -2.40. The highest BCUT2D eigenvalue weighted by Gasteiger charge is 2.22. The average molecular weight is 226 g/mol. The second-order valence-electron chi connectivity index (χ2n) is 5.11. The number of rotatable bonds is 5. The van der Waals surface area contributed by atoms with Crippen LogP contribution in [0.2, 0.25) is 0 Å². The van der Waals surface area contributed by atoms with Crippen LogP contribution in [-0.2, 0) is 4.79 Å². The molecular weight excluding hydrogens is 200 g/mol. The first-order valence-corrected chi connectivity index (χ1v) is 6.67. The molecular formula is C13H26N2O. The molecule has 0 aliphatic heterocycles. The molecule has 0 aromatic carbocycles. The zero-order valence-corrected chi connectivity index (χ0v) is 10.7. The van der Waals surface area contributed by atoms with Crippen LogP contribution in [0.1, 0.15) is 52.4 Å². The molecule has 1 aliphatic carbocycles. The number of carbonyl (C=O) groups is 1. The van der Waals surface area contributed by atoms with E-state index in [2.05, 4.69) is 12.2 Å². The zero-order valence-electron chi connectivity index (χ0n) is 10.7. The van der Waals surface area contributed by atoms with Crippen LogP contribution in [0.3, 0.4) is 0 Å². The topological polar surface area (TPSA) is 55.1 Å². The van der Waals surface area contributed by atoms with Gasteiger partial charge in [-0.3, -0.25) is 4.79 Å². The molecule has 0 bridgehead atoms. The molecule has 0 aromatic heterocycles. The number of amides is 1. The predicted octanol–water partition coefficient (Wildman–Crippen LogP) is 2.06. The van der Waals surface area contributed by atoms with Crippen molar-refractivity contribution in [3.05, 3.63) is 0 Å². The Bertz CT molecular complexity index is 210. The van der Waals surface area contributed by atoms with Crippen LogP contribution >= 0.6 is 0 Å². The lowest BCUT2D eigenvalue weighted by atomic mass is 9.84. The summed E-state index contributed by atoms with van der Waals surface area (Å²) in [4.78, 5) is 11.8. The minimum absolute atomic E-state index is 0.0638. The summed E-state index contributed by atoms with van der Waals surface area (Å²) in [6.07, 6.45) is 6.92. The van der Waals surface area contributed by atoms with Gasteiger partial charge in [-0.05, 0) is 44.6 Å². The lowest BCUT2D eigenvalue weighted by Gasteiger charge is -2.29. The number of hydrogen-bond donors (Lipinski definition) is 2. The minimum atomic E-state index is 0.0638. The molecule has 3 N–H and O–H groups in total. The fourth-order valence-corrected chi connectivity index (χ4v) is 2.44. The van der Waals surface area contributed by atoms with Crippen LogP contribution in [-0.4, -0.2) is 18.5 Å². The summed E-state index contributed by atoms with van der Waals surface area (Å²) >= 11 is 0. The lowest BCUT2D eigenvalue weighted by molar-refractivity contribution is -0.125. The zero-order chi connectivity index (χ0) is 12.0. The molecule has 1 amide bonds. The molecule has 3 heteroatoms. The van der Waals surface area contributed by atoms with Crippen molar-refractivity contribution in [3.8, 4) is 0 Å². The third-order valence-corrected chi connectivity index (χ3v) is 3.82. The van der Waals surface area contributed by atoms with Gasteiger partial charge in [0.1, 0.15) is 0 Å². The monoisotopic (exact) mass is 226 g/mol. The summed E-state index contributed by atoms with van der Waals surface area (Å²) in [5, 5.41) is 3.15. The van der Waals surface area contributed by atoms with Crippen molar-refractivity contribution >= 4 is 5.91 Å². The van der Waals surface area contributed by atoms with E-state index in [1.165, 1.54) is 19.3 Å². The summed E-state index contributed by atoms with van der Waals surface area (Å²) in [6, 6.07) is 0.413. The summed E-state index contributed by atoms with van der Waals surface area (Å²) in [5.74, 6) is 1.13. The van der Waals surface area contributed by atoms with Crippen molar-refractivity contribution in [1.82, 2.24) is 5.32 Å². The Balaban J connectivity index is 2.25. The third kappa shape index (κ3) is 4.12. The van der Waals surface area contributed by atoms with Crippen LogP contribution in [0.15, 0.2) is 0 Å². The maximum Gasteiger partial charge on any atom is 0.223 e. The number of carbonyl (C=O) groups excluding carboxylic acids is 1. The number of hydrogen-bond acceptors (Lipinski definition) is 2. The second-order valence-corrected chi connectivity index (χ2v) is 5.11. The van der Waals surface area contributed by atoms with Gasteiger partial charge in [-0.1, -0.05) is 20.3 Å². The van der Waals surface area contributed by atoms with Gasteiger partial charge in [0.15, 0.2) is 0 Å². The van der Waals surface area contributed by atoms with Crippen molar-refractivity contribution in [3.63, 3.8) is 0 Å². The van der Waals surface area contributed by atoms with Gasteiger partial charge < -0.3 is 11.1 Å². The van der Waals surface area contributed by atoms with E-state index in [1.807, 2.05) is 6.92 Å². The van der Waals surface area contributed by atoms with Gasteiger partial charge in [0.25, 0.3) is 0 Å². The van der Waals surface area contributed by atoms with E-state index >= 15 is 0 Å². The minimum Gasteiger partial charge on any atom is -0.353 e. The van der Waals surface area contributed by atoms with Crippen molar-refractivity contribution in [2.75, 3.05) is 6.54 Å². The summed E-state index contributed by atoms with van der Waals surface area (Å²) < 4.78 is 0. The van der Waals surface area contributed by atoms with Gasteiger partial charge in [0, 0.05) is 12.0 Å². The normalized spacial score (nSPS) is 27.4. The Morgan fingerprint density at radius 2 is 2.00 bits per heavy atom. The molecule has 0 radical (unpaired) electrons. The molecule has 0 spiro atoms. The summed E-state index contributed by atoms with van der Waals surface area (Å²) in [6.45, 7) is 4.81. The SMILES string of the molecule is CCC1CCC(NC(=O)C(C)CCN)CC1. The van der Waals surface area contributed by atoms with Gasteiger partial charge >= 0.3 is 0 Å². The summed E-state index contributed by atoms with van der Waals surface area (Å²) in [7, 11) is 0. The Hall–Kier alpha value is -0.570. The molecule has 1 rings (SSSR count). The Morgan fingerprint density at radius 1 is 1.38 bits per heavy atom. The van der Waals surface area contributed by atoms with E-state index in [0.29, 0.717) is 12.6 Å². The van der Waals surface area contributed by atoms with E-state index < -0.39 is 0 Å². The maximum absolute atomic E-state index is 11.8. The molecule has 16 heavy (non-hydrogen) atoms. The molecule has 94 valence electrons. The molecule has 1 unspecified atom stereocenters. The maximum atomic E-state index is 11.8. The highest BCUT2D eigenvalue weighted by Crippen LogP contribution is 2.26. The van der Waals surface area contributed by atoms with Gasteiger partial charge in [-0.15, -0.1) is 0 Å². The van der Waals surface area contributed by atoms with E-state index in [9.17, 15) is 4.79 Å². The van der Waals surface area contributed by atoms with Gasteiger partial charge in [-0.25, -0.2) is 0 Å². The molecule has 3 nitrogen and oxygen atoms in total. The highest BCUT2D eigenvalue weighted by molar-refractivity contribution is 5.78. The van der Waals surface area contributed by atoms with Gasteiger partial charge in [-0.2, -0.15) is 0 Å². The van der Waals surface area contributed by atoms with E-state index in [-0.39, 0.29) is 11.8 Å². The van der Waals surface area contributed by atoms with Crippen molar-refractivity contribution in [2.24, 2.45) is 17.6 Å². The highest BCUT2D eigenvalue weighted by atomic mass is 16.1. The second kappa shape index (κ2) is 6.89. The van der Waals surface area contributed by atoms with Crippen LogP contribution in [0.25, 0.3) is 0 Å². The van der Waals surface area contributed by atoms with Crippen LogP contribution < -0.4 is 11.1 Å². The Labute approximate surface area is 99.2 Å². The Kier molecular flexibility index (Phi) is 5.81. The predicted molar refractivity (Wildman–Crippen MR) is 67.0 cm³/mol. The third-order valence-electron chi connectivity index (χ3n) is 3.82. The van der Waals surface area contributed by atoms with Crippen LogP contribution in [0, 0.1) is 11.8 Å². The van der Waals surface area contributed by atoms with E-state index in [0.717, 1.165) is 25.2 Å². The molecule has 1 fully saturated rings. The first kappa shape index (κ1) is 13.5. The summed E-state index contributed by atoms with van der Waals surface area (Å²) in [5.41, 5.74) is 5.46. The largest absolute Gasteiger partial charge is 0.353 e. The van der Waals surface area contributed by atoms with Crippen LogP contribution in [0.4, 0.5) is 0 Å². The first-order chi connectivity index (χ1) is 7.67. The molecule has 0 aromatic rings. The van der Waals surface area contributed by atoms with Gasteiger partial charge in [0.05, 0.1) is 0 Å². The van der Waals surface area contributed by atoms with E-state index in [4.69, 9.17) is 5.73 Å². The molecule has 1 saturated carbocycles. The van der Waals surface area contributed by atoms with E-state index in [1.54, 1.807) is 0 Å². The quantitative estimate of drug-likeness (QED) is 0.754. The molecule has 0 saturated heterocycles. The van der Waals surface area contributed by atoms with Crippen molar-refractivity contribution in [2.45, 2.75) is 58.4 Å². The van der Waals surface area contributed by atoms with Crippen molar-refractivity contribution < 1.29 is 4.79 Å². The number of nitrogens with one attached hydrogen (secondary N) is 1. The first-order valence-electron chi connectivity index (χ1n) is 6.67. The average Bonchev–Trinajstić information content (AvgIpc) is 2.30. The fourth-order valence-electron chi connectivity index (χ4n) is 2.44. The Morgan fingerprint density at radius 3 is 2.50 bits per heavy atom. The standard InChI is InChI=1S/C13H26N2O/c1-3-11-4-6-12(7-5-11)15-13(16)10(2)8-9-14/h10-12H,3-9,14H2,1-2H3,(H,15,16). The van der Waals surface area contributed by atoms with Crippen LogP contribution in [0.5, 0.6) is 0 Å². The van der Waals surface area contributed by atoms with Gasteiger partial charge in [0.2, 0.25) is 5.91 Å². The number of nitrogens with two attached hydrogens (primary N) is 1.